The van der Waals surface area contributed by atoms with Crippen molar-refractivity contribution in [2.45, 2.75) is 33.6 Å². The van der Waals surface area contributed by atoms with Crippen LogP contribution in [-0.2, 0) is 11.2 Å². The van der Waals surface area contributed by atoms with Gasteiger partial charge < -0.3 is 4.90 Å². The Hall–Kier alpha value is -2.00. The van der Waals surface area contributed by atoms with Crippen molar-refractivity contribution < 1.29 is 4.79 Å². The first kappa shape index (κ1) is 13.4. The zero-order chi connectivity index (χ0) is 14.0. The third-order valence-corrected chi connectivity index (χ3v) is 3.23. The standard InChI is InChI=1S/C14H18N4O/c1-14(2,3)13(19)18-8-4-5-10-9-11(16-17-15)6-7-12(10)18/h6-7,9H,4-5,8H2,1-3H3. The number of hydrogen-bond donors (Lipinski definition) is 0. The Morgan fingerprint density at radius 3 is 2.79 bits per heavy atom. The molecule has 1 amide bonds. The summed E-state index contributed by atoms with van der Waals surface area (Å²) in [5, 5.41) is 3.61. The number of fused-ring (bicyclic) bond motifs is 1. The average Bonchev–Trinajstić information content (AvgIpc) is 2.36. The Labute approximate surface area is 112 Å². The van der Waals surface area contributed by atoms with Gasteiger partial charge in [0.05, 0.1) is 0 Å². The molecule has 5 heteroatoms. The lowest BCUT2D eigenvalue weighted by atomic mass is 9.92. The van der Waals surface area contributed by atoms with E-state index in [1.165, 1.54) is 0 Å². The molecule has 19 heavy (non-hydrogen) atoms. The van der Waals surface area contributed by atoms with E-state index in [1.807, 2.05) is 37.8 Å². The van der Waals surface area contributed by atoms with Crippen molar-refractivity contribution in [3.63, 3.8) is 0 Å². The number of rotatable bonds is 1. The van der Waals surface area contributed by atoms with E-state index in [1.54, 1.807) is 6.07 Å². The summed E-state index contributed by atoms with van der Waals surface area (Å²) in [6.07, 6.45) is 1.85. The summed E-state index contributed by atoms with van der Waals surface area (Å²) in [5.74, 6) is 0.130. The van der Waals surface area contributed by atoms with E-state index >= 15 is 0 Å². The molecule has 0 bridgehead atoms. The fourth-order valence-corrected chi connectivity index (χ4v) is 2.31. The molecule has 1 heterocycles. The van der Waals surface area contributed by atoms with Gasteiger partial charge in [0, 0.05) is 28.2 Å². The molecule has 1 aliphatic heterocycles. The lowest BCUT2D eigenvalue weighted by Gasteiger charge is -2.34. The number of hydrogen-bond acceptors (Lipinski definition) is 2. The Kier molecular flexibility index (Phi) is 3.49. The van der Waals surface area contributed by atoms with Crippen molar-refractivity contribution >= 4 is 17.3 Å². The molecule has 0 saturated heterocycles. The maximum absolute atomic E-state index is 12.4. The second-order valence-electron chi connectivity index (χ2n) is 5.81. The van der Waals surface area contributed by atoms with Gasteiger partial charge in [0.15, 0.2) is 0 Å². The minimum absolute atomic E-state index is 0.130. The van der Waals surface area contributed by atoms with Gasteiger partial charge in [-0.15, -0.1) is 0 Å². The highest BCUT2D eigenvalue weighted by Crippen LogP contribution is 2.33. The largest absolute Gasteiger partial charge is 0.312 e. The van der Waals surface area contributed by atoms with Crippen LogP contribution in [0.3, 0.4) is 0 Å². The molecule has 0 radical (unpaired) electrons. The fraction of sp³-hybridized carbons (Fsp3) is 0.500. The highest BCUT2D eigenvalue weighted by Gasteiger charge is 2.30. The SMILES string of the molecule is CC(C)(C)C(=O)N1CCCc2cc(N=[N+]=[N-])ccc21. The zero-order valence-electron chi connectivity index (χ0n) is 11.6. The van der Waals surface area contributed by atoms with E-state index < -0.39 is 5.41 Å². The molecule has 1 aromatic rings. The van der Waals surface area contributed by atoms with E-state index in [0.717, 1.165) is 30.6 Å². The molecular formula is C14H18N4O. The summed E-state index contributed by atoms with van der Waals surface area (Å²) in [7, 11) is 0. The summed E-state index contributed by atoms with van der Waals surface area (Å²) in [6.45, 7) is 6.54. The van der Waals surface area contributed by atoms with Crippen molar-refractivity contribution in [3.8, 4) is 0 Å². The maximum Gasteiger partial charge on any atom is 0.232 e. The van der Waals surface area contributed by atoms with Crippen LogP contribution in [0, 0.1) is 5.41 Å². The van der Waals surface area contributed by atoms with Crippen LogP contribution < -0.4 is 4.90 Å². The van der Waals surface area contributed by atoms with Gasteiger partial charge in [0.2, 0.25) is 5.91 Å². The molecule has 0 atom stereocenters. The molecule has 100 valence electrons. The van der Waals surface area contributed by atoms with Gasteiger partial charge in [-0.25, -0.2) is 0 Å². The number of benzene rings is 1. The summed E-state index contributed by atoms with van der Waals surface area (Å²) in [6, 6.07) is 5.51. The second kappa shape index (κ2) is 4.94. The second-order valence-corrected chi connectivity index (χ2v) is 5.81. The van der Waals surface area contributed by atoms with Gasteiger partial charge in [0.25, 0.3) is 0 Å². The highest BCUT2D eigenvalue weighted by atomic mass is 16.2. The van der Waals surface area contributed by atoms with Crippen LogP contribution in [0.2, 0.25) is 0 Å². The molecule has 5 nitrogen and oxygen atoms in total. The van der Waals surface area contributed by atoms with Gasteiger partial charge in [-0.05, 0) is 36.1 Å². The van der Waals surface area contributed by atoms with Gasteiger partial charge in [-0.3, -0.25) is 4.79 Å². The van der Waals surface area contributed by atoms with E-state index in [4.69, 9.17) is 5.53 Å². The van der Waals surface area contributed by atoms with Crippen molar-refractivity contribution in [3.05, 3.63) is 34.2 Å². The highest BCUT2D eigenvalue weighted by molar-refractivity contribution is 5.98. The third kappa shape index (κ3) is 2.71. The van der Waals surface area contributed by atoms with Crippen LogP contribution in [0.25, 0.3) is 10.4 Å². The lowest BCUT2D eigenvalue weighted by molar-refractivity contribution is -0.125. The Bertz CT molecular complexity index is 553. The van der Waals surface area contributed by atoms with Crippen LogP contribution in [0.15, 0.2) is 23.3 Å². The van der Waals surface area contributed by atoms with Gasteiger partial charge in [-0.1, -0.05) is 32.0 Å². The van der Waals surface area contributed by atoms with Crippen LogP contribution >= 0.6 is 0 Å². The predicted molar refractivity (Wildman–Crippen MR) is 75.4 cm³/mol. The number of anilines is 1. The number of amides is 1. The molecule has 1 aromatic carbocycles. The van der Waals surface area contributed by atoms with E-state index in [-0.39, 0.29) is 5.91 Å². The van der Waals surface area contributed by atoms with Crippen molar-refractivity contribution in [1.82, 2.24) is 0 Å². The van der Waals surface area contributed by atoms with Crippen molar-refractivity contribution in [1.29, 1.82) is 0 Å². The summed E-state index contributed by atoms with van der Waals surface area (Å²) in [5.41, 5.74) is 10.7. The molecule has 0 unspecified atom stereocenters. The fourth-order valence-electron chi connectivity index (χ4n) is 2.31. The Morgan fingerprint density at radius 1 is 1.42 bits per heavy atom. The number of azide groups is 1. The first-order valence-electron chi connectivity index (χ1n) is 6.43. The molecule has 0 saturated carbocycles. The number of aryl methyl sites for hydroxylation is 1. The van der Waals surface area contributed by atoms with Crippen LogP contribution in [0.5, 0.6) is 0 Å². The molecule has 2 rings (SSSR count). The average molecular weight is 258 g/mol. The monoisotopic (exact) mass is 258 g/mol. The van der Waals surface area contributed by atoms with Gasteiger partial charge >= 0.3 is 0 Å². The normalized spacial score (nSPS) is 14.6. The molecule has 0 N–H and O–H groups in total. The van der Waals surface area contributed by atoms with Crippen molar-refractivity contribution in [2.24, 2.45) is 10.5 Å². The number of nitrogens with zero attached hydrogens (tertiary/aromatic N) is 4. The maximum atomic E-state index is 12.4. The molecule has 1 aliphatic rings. The summed E-state index contributed by atoms with van der Waals surface area (Å²) < 4.78 is 0. The number of carbonyl (C=O) groups is 1. The predicted octanol–water partition coefficient (Wildman–Crippen LogP) is 3.95. The number of carbonyl (C=O) groups excluding carboxylic acids is 1. The van der Waals surface area contributed by atoms with E-state index in [0.29, 0.717) is 5.69 Å². The molecule has 0 aliphatic carbocycles. The minimum atomic E-state index is -0.391. The van der Waals surface area contributed by atoms with E-state index in [9.17, 15) is 4.79 Å². The molecule has 0 aromatic heterocycles. The molecular weight excluding hydrogens is 240 g/mol. The van der Waals surface area contributed by atoms with Crippen molar-refractivity contribution in [2.75, 3.05) is 11.4 Å². The van der Waals surface area contributed by atoms with Crippen LogP contribution in [-0.4, -0.2) is 12.5 Å². The van der Waals surface area contributed by atoms with Crippen LogP contribution in [0.4, 0.5) is 11.4 Å². The Balaban J connectivity index is 2.40. The molecule has 0 spiro atoms. The van der Waals surface area contributed by atoms with Crippen LogP contribution in [0.1, 0.15) is 32.8 Å². The lowest BCUT2D eigenvalue weighted by Crippen LogP contribution is -2.42. The quantitative estimate of drug-likeness (QED) is 0.427. The summed E-state index contributed by atoms with van der Waals surface area (Å²) in [4.78, 5) is 17.1. The summed E-state index contributed by atoms with van der Waals surface area (Å²) >= 11 is 0. The minimum Gasteiger partial charge on any atom is -0.312 e. The smallest absolute Gasteiger partial charge is 0.232 e. The topological polar surface area (TPSA) is 69.1 Å². The van der Waals surface area contributed by atoms with Gasteiger partial charge in [-0.2, -0.15) is 0 Å². The van der Waals surface area contributed by atoms with E-state index in [2.05, 4.69) is 10.0 Å². The van der Waals surface area contributed by atoms with Gasteiger partial charge in [0.1, 0.15) is 0 Å². The first-order valence-corrected chi connectivity index (χ1v) is 6.43. The first-order chi connectivity index (χ1) is 8.93. The molecule has 0 fully saturated rings. The zero-order valence-corrected chi connectivity index (χ0v) is 11.6. The third-order valence-electron chi connectivity index (χ3n) is 3.23. The Morgan fingerprint density at radius 2 is 2.16 bits per heavy atom.